The summed E-state index contributed by atoms with van der Waals surface area (Å²) in [6.45, 7) is 4.23. The van der Waals surface area contributed by atoms with E-state index in [2.05, 4.69) is 74.7 Å². The van der Waals surface area contributed by atoms with E-state index in [1.165, 1.54) is 24.1 Å². The number of ether oxygens (including phenoxy) is 1. The number of hydrogen-bond acceptors (Lipinski definition) is 7. The van der Waals surface area contributed by atoms with Crippen molar-refractivity contribution in [3.8, 4) is 11.1 Å². The summed E-state index contributed by atoms with van der Waals surface area (Å²) in [5.41, 5.74) is 6.34. The maximum atomic E-state index is 12.7. The second-order valence-electron chi connectivity index (χ2n) is 11.8. The SMILES string of the molecule is CO[C@]1(c2ccccc2)CC[C@@H](N2CCN(c3ccc(-c4ccc(C(=O)On5nnc6ccccc65)cc4)cc3)CC2)CC1. The van der Waals surface area contributed by atoms with Crippen LogP contribution in [0.4, 0.5) is 5.69 Å². The Balaban J connectivity index is 0.925. The van der Waals surface area contributed by atoms with Gasteiger partial charge in [0, 0.05) is 45.0 Å². The zero-order valence-corrected chi connectivity index (χ0v) is 25.0. The summed E-state index contributed by atoms with van der Waals surface area (Å²) in [7, 11) is 1.87. The summed E-state index contributed by atoms with van der Waals surface area (Å²) in [4.78, 5) is 24.5. The third-order valence-corrected chi connectivity index (χ3v) is 9.46. The van der Waals surface area contributed by atoms with Crippen molar-refractivity contribution >= 4 is 22.7 Å². The quantitative estimate of drug-likeness (QED) is 0.217. The molecular formula is C36H37N5O3. The van der Waals surface area contributed by atoms with Gasteiger partial charge in [-0.2, -0.15) is 0 Å². The van der Waals surface area contributed by atoms with Crippen LogP contribution < -0.4 is 9.74 Å². The van der Waals surface area contributed by atoms with Gasteiger partial charge < -0.3 is 14.5 Å². The van der Waals surface area contributed by atoms with E-state index in [1.807, 2.05) is 43.5 Å². The summed E-state index contributed by atoms with van der Waals surface area (Å²) in [5.74, 6) is -0.482. The molecule has 4 aromatic carbocycles. The molecule has 1 aliphatic carbocycles. The van der Waals surface area contributed by atoms with Gasteiger partial charge in [0.05, 0.1) is 11.2 Å². The van der Waals surface area contributed by atoms with Gasteiger partial charge in [-0.15, -0.1) is 5.10 Å². The molecule has 1 saturated carbocycles. The highest BCUT2D eigenvalue weighted by Crippen LogP contribution is 2.41. The van der Waals surface area contributed by atoms with Crippen LogP contribution in [0.25, 0.3) is 22.2 Å². The van der Waals surface area contributed by atoms with Crippen molar-refractivity contribution in [1.82, 2.24) is 20.1 Å². The molecular weight excluding hydrogens is 550 g/mol. The van der Waals surface area contributed by atoms with Crippen LogP contribution in [0.5, 0.6) is 0 Å². The van der Waals surface area contributed by atoms with Crippen molar-refractivity contribution in [1.29, 1.82) is 0 Å². The van der Waals surface area contributed by atoms with Crippen LogP contribution in [0.1, 0.15) is 41.6 Å². The van der Waals surface area contributed by atoms with Gasteiger partial charge in [-0.1, -0.05) is 71.6 Å². The fourth-order valence-electron chi connectivity index (χ4n) is 6.84. The van der Waals surface area contributed by atoms with E-state index < -0.39 is 5.97 Å². The van der Waals surface area contributed by atoms with Crippen molar-refractivity contribution in [3.63, 3.8) is 0 Å². The van der Waals surface area contributed by atoms with Gasteiger partial charge in [0.1, 0.15) is 11.0 Å². The number of aromatic nitrogens is 3. The highest BCUT2D eigenvalue weighted by Gasteiger charge is 2.39. The molecule has 1 aliphatic heterocycles. The number of methoxy groups -OCH3 is 1. The Morgan fingerprint density at radius 2 is 1.41 bits per heavy atom. The van der Waals surface area contributed by atoms with Gasteiger partial charge in [0.15, 0.2) is 0 Å². The molecule has 0 N–H and O–H groups in total. The monoisotopic (exact) mass is 587 g/mol. The van der Waals surface area contributed by atoms with Crippen LogP contribution >= 0.6 is 0 Å². The number of para-hydroxylation sites is 1. The molecule has 224 valence electrons. The van der Waals surface area contributed by atoms with E-state index in [4.69, 9.17) is 9.57 Å². The molecule has 0 amide bonds. The van der Waals surface area contributed by atoms with Crippen molar-refractivity contribution < 1.29 is 14.4 Å². The average Bonchev–Trinajstić information content (AvgIpc) is 3.51. The maximum absolute atomic E-state index is 12.7. The van der Waals surface area contributed by atoms with Gasteiger partial charge in [-0.05, 0) is 84.0 Å². The molecule has 5 aromatic rings. The number of anilines is 1. The molecule has 7 rings (SSSR count). The van der Waals surface area contributed by atoms with Crippen LogP contribution in [0, 0.1) is 0 Å². The van der Waals surface area contributed by atoms with E-state index in [0.29, 0.717) is 22.6 Å². The fraction of sp³-hybridized carbons (Fsp3) is 0.306. The first-order valence-corrected chi connectivity index (χ1v) is 15.5. The van der Waals surface area contributed by atoms with E-state index in [1.54, 1.807) is 12.1 Å². The second-order valence-corrected chi connectivity index (χ2v) is 11.8. The molecule has 44 heavy (non-hydrogen) atoms. The number of piperazine rings is 1. The summed E-state index contributed by atoms with van der Waals surface area (Å²) in [6.07, 6.45) is 4.48. The van der Waals surface area contributed by atoms with E-state index in [-0.39, 0.29) is 5.60 Å². The third kappa shape index (κ3) is 5.58. The number of fused-ring (bicyclic) bond motifs is 1. The largest absolute Gasteiger partial charge is 0.374 e. The topological polar surface area (TPSA) is 72.7 Å². The standard InChI is InChI=1S/C36H37N5O3/c1-43-36(30-7-3-2-4-8-30)21-19-32(20-22-36)40-25-23-39(24-26-40)31-17-15-28(16-18-31)27-11-13-29(14-12-27)35(42)44-41-34-10-6-5-9-33(34)37-38-41/h2-18,32H,19-26H2,1H3/t32-,36-. The zero-order valence-electron chi connectivity index (χ0n) is 25.0. The first-order chi connectivity index (χ1) is 21.6. The van der Waals surface area contributed by atoms with Crippen molar-refractivity contribution in [2.24, 2.45) is 0 Å². The Morgan fingerprint density at radius 3 is 2.09 bits per heavy atom. The zero-order chi connectivity index (χ0) is 29.9. The van der Waals surface area contributed by atoms with E-state index in [9.17, 15) is 4.79 Å². The molecule has 2 heterocycles. The number of carbonyl (C=O) groups excluding carboxylic acids is 1. The summed E-state index contributed by atoms with van der Waals surface area (Å²) in [6, 6.07) is 34.9. The minimum Gasteiger partial charge on any atom is -0.374 e. The van der Waals surface area contributed by atoms with Crippen LogP contribution in [0.3, 0.4) is 0 Å². The minimum atomic E-state index is -0.482. The van der Waals surface area contributed by atoms with Gasteiger partial charge in [0.25, 0.3) is 0 Å². The molecule has 8 heteroatoms. The molecule has 0 unspecified atom stereocenters. The number of rotatable bonds is 7. The highest BCUT2D eigenvalue weighted by atomic mass is 16.7. The van der Waals surface area contributed by atoms with Crippen LogP contribution in [0.2, 0.25) is 0 Å². The second kappa shape index (κ2) is 12.2. The smallest absolute Gasteiger partial charge is 0.365 e. The van der Waals surface area contributed by atoms with E-state index in [0.717, 1.165) is 55.0 Å². The van der Waals surface area contributed by atoms with Gasteiger partial charge in [-0.25, -0.2) is 4.79 Å². The van der Waals surface area contributed by atoms with Crippen LogP contribution in [0.15, 0.2) is 103 Å². The lowest BCUT2D eigenvalue weighted by Crippen LogP contribution is -2.52. The molecule has 1 saturated heterocycles. The number of benzene rings is 4. The number of hydrogen-bond donors (Lipinski definition) is 0. The number of nitrogens with zero attached hydrogens (tertiary/aromatic N) is 5. The Labute approximate surface area is 257 Å². The summed E-state index contributed by atoms with van der Waals surface area (Å²) >= 11 is 0. The molecule has 2 aliphatic rings. The van der Waals surface area contributed by atoms with Crippen LogP contribution in [-0.2, 0) is 10.3 Å². The first kappa shape index (κ1) is 28.3. The van der Waals surface area contributed by atoms with Crippen LogP contribution in [-0.4, -0.2) is 65.4 Å². The van der Waals surface area contributed by atoms with Crippen molar-refractivity contribution in [3.05, 3.63) is 114 Å². The first-order valence-electron chi connectivity index (χ1n) is 15.5. The van der Waals surface area contributed by atoms with Gasteiger partial charge in [-0.3, -0.25) is 4.90 Å². The summed E-state index contributed by atoms with van der Waals surface area (Å²) < 4.78 is 6.11. The third-order valence-electron chi connectivity index (χ3n) is 9.46. The predicted molar refractivity (Wildman–Crippen MR) is 171 cm³/mol. The predicted octanol–water partition coefficient (Wildman–Crippen LogP) is 5.97. The average molecular weight is 588 g/mol. The molecule has 0 radical (unpaired) electrons. The minimum absolute atomic E-state index is 0.141. The molecule has 2 fully saturated rings. The molecule has 0 bridgehead atoms. The lowest BCUT2D eigenvalue weighted by atomic mass is 9.77. The lowest BCUT2D eigenvalue weighted by molar-refractivity contribution is -0.0614. The highest BCUT2D eigenvalue weighted by molar-refractivity contribution is 5.90. The summed E-state index contributed by atoms with van der Waals surface area (Å²) in [5, 5.41) is 7.96. The Kier molecular flexibility index (Phi) is 7.85. The Hall–Kier alpha value is -4.53. The number of carbonyl (C=O) groups is 1. The fourth-order valence-corrected chi connectivity index (χ4v) is 6.84. The van der Waals surface area contributed by atoms with Crippen molar-refractivity contribution in [2.75, 3.05) is 38.2 Å². The van der Waals surface area contributed by atoms with Crippen molar-refractivity contribution in [2.45, 2.75) is 37.3 Å². The van der Waals surface area contributed by atoms with E-state index >= 15 is 0 Å². The molecule has 1 aromatic heterocycles. The normalized spacial score (nSPS) is 20.9. The molecule has 8 nitrogen and oxygen atoms in total. The Morgan fingerprint density at radius 1 is 0.773 bits per heavy atom. The van der Waals surface area contributed by atoms with Gasteiger partial charge in [0.2, 0.25) is 0 Å². The maximum Gasteiger partial charge on any atom is 0.365 e. The molecule has 0 atom stereocenters. The Bertz CT molecular complexity index is 1700. The molecule has 0 spiro atoms. The lowest BCUT2D eigenvalue weighted by Gasteiger charge is -2.46. The van der Waals surface area contributed by atoms with Gasteiger partial charge >= 0.3 is 5.97 Å².